The molecule has 1 fully saturated rings. The lowest BCUT2D eigenvalue weighted by Gasteiger charge is -2.35. The van der Waals surface area contributed by atoms with Crippen molar-refractivity contribution < 1.29 is 27.9 Å². The van der Waals surface area contributed by atoms with E-state index < -0.39 is 24.0 Å². The SMILES string of the molecule is Cc1c(N2CCCC(C(F)(F)F)C2)nc2ccc(Br)cc2c1C(=O)NCC(CCC(=O)O)c1ccccc1Cl. The van der Waals surface area contributed by atoms with E-state index >= 15 is 0 Å². The summed E-state index contributed by atoms with van der Waals surface area (Å²) < 4.78 is 41.3. The van der Waals surface area contributed by atoms with Crippen LogP contribution in [-0.4, -0.2) is 47.8 Å². The summed E-state index contributed by atoms with van der Waals surface area (Å²) in [6.07, 6.45) is -3.71. The molecule has 2 N–H and O–H groups in total. The Morgan fingerprint density at radius 3 is 2.69 bits per heavy atom. The molecule has 1 aliphatic heterocycles. The number of benzene rings is 2. The fraction of sp³-hybridized carbons (Fsp3) is 0.393. The average molecular weight is 627 g/mol. The van der Waals surface area contributed by atoms with Gasteiger partial charge < -0.3 is 15.3 Å². The number of carboxylic acids is 1. The smallest absolute Gasteiger partial charge is 0.393 e. The van der Waals surface area contributed by atoms with Gasteiger partial charge in [-0.05, 0) is 56.0 Å². The number of pyridine rings is 1. The number of nitrogens with zero attached hydrogens (tertiary/aromatic N) is 2. The summed E-state index contributed by atoms with van der Waals surface area (Å²) in [5, 5.41) is 13.2. The second-order valence-corrected chi connectivity index (χ2v) is 11.1. The van der Waals surface area contributed by atoms with Gasteiger partial charge in [-0.2, -0.15) is 13.2 Å². The molecule has 1 aliphatic rings. The Labute approximate surface area is 237 Å². The molecule has 4 rings (SSSR count). The van der Waals surface area contributed by atoms with Crippen LogP contribution in [0.4, 0.5) is 19.0 Å². The van der Waals surface area contributed by atoms with Gasteiger partial charge in [-0.1, -0.05) is 45.7 Å². The number of rotatable bonds is 8. The van der Waals surface area contributed by atoms with Crippen molar-refractivity contribution in [2.24, 2.45) is 5.92 Å². The number of anilines is 1. The fourth-order valence-electron chi connectivity index (χ4n) is 5.13. The minimum Gasteiger partial charge on any atom is -0.481 e. The molecule has 3 aromatic rings. The Bertz CT molecular complexity index is 1390. The molecule has 39 heavy (non-hydrogen) atoms. The van der Waals surface area contributed by atoms with Crippen molar-refractivity contribution in [1.82, 2.24) is 10.3 Å². The lowest BCUT2D eigenvalue weighted by Crippen LogP contribution is -2.42. The Hall–Kier alpha value is -2.85. The van der Waals surface area contributed by atoms with E-state index in [-0.39, 0.29) is 38.3 Å². The summed E-state index contributed by atoms with van der Waals surface area (Å²) in [5.74, 6) is -2.83. The van der Waals surface area contributed by atoms with Crippen molar-refractivity contribution in [3.05, 3.63) is 68.7 Å². The maximum atomic E-state index is 13.7. The standard InChI is InChI=1S/C28H28BrClF3N3O3/c1-16-25(27(39)34-14-17(8-11-24(37)38)20-6-2-3-7-22(20)30)21-13-19(29)9-10-23(21)35-26(16)36-12-4-5-18(15-36)28(31,32)33/h2-3,6-7,9-10,13,17-18H,4-5,8,11-12,14-15H2,1H3,(H,34,39)(H,37,38). The van der Waals surface area contributed by atoms with Crippen LogP contribution in [0.3, 0.4) is 0 Å². The van der Waals surface area contributed by atoms with Crippen LogP contribution in [0.5, 0.6) is 0 Å². The van der Waals surface area contributed by atoms with Crippen LogP contribution >= 0.6 is 27.5 Å². The van der Waals surface area contributed by atoms with E-state index in [1.54, 1.807) is 54.3 Å². The molecule has 0 spiro atoms. The van der Waals surface area contributed by atoms with Crippen LogP contribution in [0.1, 0.15) is 53.1 Å². The van der Waals surface area contributed by atoms with Crippen LogP contribution in [0.15, 0.2) is 46.9 Å². The number of hydrogen-bond donors (Lipinski definition) is 2. The third kappa shape index (κ3) is 6.84. The van der Waals surface area contributed by atoms with Gasteiger partial charge in [-0.15, -0.1) is 0 Å². The van der Waals surface area contributed by atoms with Gasteiger partial charge in [-0.3, -0.25) is 9.59 Å². The Kier molecular flexibility index (Phi) is 9.06. The molecule has 6 nitrogen and oxygen atoms in total. The number of amides is 1. The van der Waals surface area contributed by atoms with Gasteiger partial charge in [-0.25, -0.2) is 4.98 Å². The molecule has 2 unspecified atom stereocenters. The Morgan fingerprint density at radius 2 is 2.00 bits per heavy atom. The molecule has 1 amide bonds. The lowest BCUT2D eigenvalue weighted by atomic mass is 9.93. The van der Waals surface area contributed by atoms with Crippen molar-refractivity contribution in [2.45, 2.75) is 44.7 Å². The molecule has 11 heteroatoms. The number of aromatic nitrogens is 1. The zero-order valence-electron chi connectivity index (χ0n) is 21.2. The number of hydrogen-bond acceptors (Lipinski definition) is 4. The molecule has 1 saturated heterocycles. The fourth-order valence-corrected chi connectivity index (χ4v) is 5.78. The summed E-state index contributed by atoms with van der Waals surface area (Å²) in [6, 6.07) is 12.3. The second-order valence-electron chi connectivity index (χ2n) is 9.78. The van der Waals surface area contributed by atoms with Crippen molar-refractivity contribution in [3.8, 4) is 0 Å². The number of carboxylic acid groups (broad SMARTS) is 1. The normalized spacial score (nSPS) is 16.8. The first-order valence-corrected chi connectivity index (χ1v) is 13.8. The molecular weight excluding hydrogens is 599 g/mol. The van der Waals surface area contributed by atoms with Crippen LogP contribution in [-0.2, 0) is 4.79 Å². The topological polar surface area (TPSA) is 82.5 Å². The Balaban J connectivity index is 1.68. The number of halogens is 5. The lowest BCUT2D eigenvalue weighted by molar-refractivity contribution is -0.176. The van der Waals surface area contributed by atoms with Gasteiger partial charge >= 0.3 is 12.1 Å². The predicted molar refractivity (Wildman–Crippen MR) is 149 cm³/mol. The molecule has 0 radical (unpaired) electrons. The van der Waals surface area contributed by atoms with E-state index in [0.29, 0.717) is 45.8 Å². The van der Waals surface area contributed by atoms with E-state index in [1.807, 2.05) is 0 Å². The predicted octanol–water partition coefficient (Wildman–Crippen LogP) is 7.12. The molecule has 0 aliphatic carbocycles. The first-order valence-electron chi connectivity index (χ1n) is 12.6. The third-order valence-corrected chi connectivity index (χ3v) is 7.97. The van der Waals surface area contributed by atoms with E-state index in [4.69, 9.17) is 11.6 Å². The molecular formula is C28H28BrClF3N3O3. The first kappa shape index (κ1) is 29.1. The summed E-state index contributed by atoms with van der Waals surface area (Å²) in [5.41, 5.74) is 2.03. The molecule has 0 saturated carbocycles. The van der Waals surface area contributed by atoms with Gasteiger partial charge in [0.1, 0.15) is 5.82 Å². The quantitative estimate of drug-likeness (QED) is 0.278. The summed E-state index contributed by atoms with van der Waals surface area (Å²) in [6.45, 7) is 2.02. The summed E-state index contributed by atoms with van der Waals surface area (Å²) >= 11 is 9.81. The molecule has 1 aromatic heterocycles. The average Bonchev–Trinajstić information content (AvgIpc) is 2.88. The minimum atomic E-state index is -4.31. The van der Waals surface area contributed by atoms with Crippen molar-refractivity contribution in [2.75, 3.05) is 24.5 Å². The largest absolute Gasteiger partial charge is 0.481 e. The maximum Gasteiger partial charge on any atom is 0.393 e. The molecule has 2 atom stereocenters. The number of carbonyl (C=O) groups excluding carboxylic acids is 1. The highest BCUT2D eigenvalue weighted by Crippen LogP contribution is 2.37. The zero-order chi connectivity index (χ0) is 28.3. The van der Waals surface area contributed by atoms with Crippen molar-refractivity contribution in [1.29, 1.82) is 0 Å². The number of aliphatic carboxylic acids is 1. The highest BCUT2D eigenvalue weighted by atomic mass is 79.9. The molecule has 2 aromatic carbocycles. The highest BCUT2D eigenvalue weighted by molar-refractivity contribution is 9.10. The third-order valence-electron chi connectivity index (χ3n) is 7.14. The minimum absolute atomic E-state index is 0.0622. The zero-order valence-corrected chi connectivity index (χ0v) is 23.5. The highest BCUT2D eigenvalue weighted by Gasteiger charge is 2.42. The van der Waals surface area contributed by atoms with Gasteiger partial charge in [0.05, 0.1) is 17.0 Å². The van der Waals surface area contributed by atoms with Crippen molar-refractivity contribution >= 4 is 56.1 Å². The second kappa shape index (κ2) is 12.1. The van der Waals surface area contributed by atoms with E-state index in [1.165, 1.54) is 0 Å². The number of nitrogens with one attached hydrogen (secondary N) is 1. The van der Waals surface area contributed by atoms with Gasteiger partial charge in [0.25, 0.3) is 5.91 Å². The number of carbonyl (C=O) groups is 2. The summed E-state index contributed by atoms with van der Waals surface area (Å²) in [7, 11) is 0. The van der Waals surface area contributed by atoms with Crippen LogP contribution in [0, 0.1) is 12.8 Å². The molecule has 2 heterocycles. The van der Waals surface area contributed by atoms with E-state index in [2.05, 4.69) is 26.2 Å². The number of alkyl halides is 3. The van der Waals surface area contributed by atoms with Crippen LogP contribution < -0.4 is 10.2 Å². The Morgan fingerprint density at radius 1 is 1.26 bits per heavy atom. The van der Waals surface area contributed by atoms with Crippen LogP contribution in [0.25, 0.3) is 10.9 Å². The van der Waals surface area contributed by atoms with E-state index in [0.717, 1.165) is 10.0 Å². The summed E-state index contributed by atoms with van der Waals surface area (Å²) in [4.78, 5) is 31.3. The van der Waals surface area contributed by atoms with Gasteiger partial charge in [0.2, 0.25) is 0 Å². The maximum absolute atomic E-state index is 13.7. The van der Waals surface area contributed by atoms with Gasteiger partial charge in [0, 0.05) is 52.4 Å². The molecule has 208 valence electrons. The van der Waals surface area contributed by atoms with Crippen molar-refractivity contribution in [3.63, 3.8) is 0 Å². The first-order chi connectivity index (χ1) is 18.5. The van der Waals surface area contributed by atoms with Gasteiger partial charge in [0.15, 0.2) is 0 Å². The molecule has 0 bridgehead atoms. The monoisotopic (exact) mass is 625 g/mol. The van der Waals surface area contributed by atoms with Crippen LogP contribution in [0.2, 0.25) is 5.02 Å². The number of piperidine rings is 1. The number of fused-ring (bicyclic) bond motifs is 1. The van der Waals surface area contributed by atoms with E-state index in [9.17, 15) is 27.9 Å².